The minimum absolute atomic E-state index is 0.0164. The van der Waals surface area contributed by atoms with Gasteiger partial charge in [0, 0.05) is 11.9 Å². The van der Waals surface area contributed by atoms with Gasteiger partial charge in [-0.05, 0) is 48.4 Å². The summed E-state index contributed by atoms with van der Waals surface area (Å²) in [6.45, 7) is 4.55. The average molecular weight is 506 g/mol. The predicted octanol–water partition coefficient (Wildman–Crippen LogP) is 6.57. The Bertz CT molecular complexity index is 1230. The zero-order valence-electron chi connectivity index (χ0n) is 19.0. The van der Waals surface area contributed by atoms with Crippen molar-refractivity contribution in [1.82, 2.24) is 4.98 Å². The van der Waals surface area contributed by atoms with Crippen LogP contribution < -0.4 is 19.7 Å². The van der Waals surface area contributed by atoms with Crippen LogP contribution in [-0.2, 0) is 6.18 Å². The lowest BCUT2D eigenvalue weighted by Gasteiger charge is -2.31. The summed E-state index contributed by atoms with van der Waals surface area (Å²) in [5, 5.41) is 2.98. The molecule has 0 fully saturated rings. The van der Waals surface area contributed by atoms with Gasteiger partial charge in [-0.15, -0.1) is 0 Å². The van der Waals surface area contributed by atoms with Gasteiger partial charge in [-0.25, -0.2) is 4.98 Å². The molecule has 1 N–H and O–H groups in total. The molecular weight excluding hydrogens is 483 g/mol. The third-order valence-corrected chi connectivity index (χ3v) is 5.50. The molecule has 1 aliphatic heterocycles. The molecule has 3 aromatic rings. The number of nitrogens with zero attached hydrogens (tertiary/aromatic N) is 2. The fourth-order valence-electron chi connectivity index (χ4n) is 3.63. The molecule has 4 rings (SSSR count). The first kappa shape index (κ1) is 24.7. The number of carbonyl (C=O) groups is 1. The van der Waals surface area contributed by atoms with Crippen molar-refractivity contribution >= 4 is 34.7 Å². The molecule has 0 bridgehead atoms. The van der Waals surface area contributed by atoms with E-state index in [4.69, 9.17) is 21.1 Å². The zero-order valence-corrected chi connectivity index (χ0v) is 19.8. The van der Waals surface area contributed by atoms with Crippen molar-refractivity contribution in [3.05, 3.63) is 70.9 Å². The van der Waals surface area contributed by atoms with Gasteiger partial charge in [-0.2, -0.15) is 13.2 Å². The largest absolute Gasteiger partial charge is 0.493 e. The van der Waals surface area contributed by atoms with Crippen molar-refractivity contribution in [2.75, 3.05) is 30.0 Å². The van der Waals surface area contributed by atoms with Crippen LogP contribution in [0, 0.1) is 5.92 Å². The molecule has 0 aliphatic carbocycles. The van der Waals surface area contributed by atoms with Crippen LogP contribution in [0.5, 0.6) is 11.5 Å². The van der Waals surface area contributed by atoms with E-state index < -0.39 is 17.6 Å². The Morgan fingerprint density at radius 2 is 2.03 bits per heavy atom. The van der Waals surface area contributed by atoms with Crippen LogP contribution in [0.3, 0.4) is 0 Å². The van der Waals surface area contributed by atoms with Crippen LogP contribution in [0.1, 0.15) is 29.8 Å². The van der Waals surface area contributed by atoms with Gasteiger partial charge in [-0.1, -0.05) is 31.5 Å². The molecule has 0 radical (unpaired) electrons. The minimum Gasteiger partial charge on any atom is -0.493 e. The van der Waals surface area contributed by atoms with E-state index in [2.05, 4.69) is 10.3 Å². The second kappa shape index (κ2) is 10.0. The van der Waals surface area contributed by atoms with Crippen molar-refractivity contribution in [2.45, 2.75) is 20.0 Å². The number of alkyl halides is 3. The smallest absolute Gasteiger partial charge is 0.420 e. The summed E-state index contributed by atoms with van der Waals surface area (Å²) in [7, 11) is 0. The molecular formula is C25H23ClF3N3O3. The van der Waals surface area contributed by atoms with Gasteiger partial charge < -0.3 is 19.7 Å². The van der Waals surface area contributed by atoms with Crippen molar-refractivity contribution in [2.24, 2.45) is 5.92 Å². The second-order valence-electron chi connectivity index (χ2n) is 8.33. The normalized spacial score (nSPS) is 13.3. The average Bonchev–Trinajstić information content (AvgIpc) is 2.82. The van der Waals surface area contributed by atoms with Gasteiger partial charge >= 0.3 is 6.18 Å². The highest BCUT2D eigenvalue weighted by Crippen LogP contribution is 2.41. The lowest BCUT2D eigenvalue weighted by atomic mass is 10.1. The van der Waals surface area contributed by atoms with Crippen molar-refractivity contribution in [3.63, 3.8) is 0 Å². The lowest BCUT2D eigenvalue weighted by Crippen LogP contribution is -2.30. The summed E-state index contributed by atoms with van der Waals surface area (Å²) in [5.41, 5.74) is -0.221. The molecule has 184 valence electrons. The number of benzene rings is 2. The lowest BCUT2D eigenvalue weighted by molar-refractivity contribution is -0.139. The first-order chi connectivity index (χ1) is 16.6. The summed E-state index contributed by atoms with van der Waals surface area (Å²) >= 11 is 6.31. The van der Waals surface area contributed by atoms with E-state index in [1.807, 2.05) is 18.7 Å². The van der Waals surface area contributed by atoms with Gasteiger partial charge in [0.15, 0.2) is 11.6 Å². The van der Waals surface area contributed by atoms with E-state index in [0.717, 1.165) is 6.07 Å². The molecule has 0 atom stereocenters. The third kappa shape index (κ3) is 5.45. The molecule has 1 aliphatic rings. The van der Waals surface area contributed by atoms with E-state index in [1.54, 1.807) is 36.5 Å². The van der Waals surface area contributed by atoms with Crippen LogP contribution >= 0.6 is 11.6 Å². The predicted molar refractivity (Wildman–Crippen MR) is 128 cm³/mol. The SMILES string of the molecule is CC(C)COc1ccc(NC(=O)c2cccc3c2OCCN3c2ncccc2Cl)cc1C(F)(F)F. The summed E-state index contributed by atoms with van der Waals surface area (Å²) in [4.78, 5) is 19.3. The highest BCUT2D eigenvalue weighted by Gasteiger charge is 2.35. The van der Waals surface area contributed by atoms with E-state index >= 15 is 0 Å². The zero-order chi connectivity index (χ0) is 25.2. The van der Waals surface area contributed by atoms with Crippen molar-refractivity contribution in [1.29, 1.82) is 0 Å². The summed E-state index contributed by atoms with van der Waals surface area (Å²) < 4.78 is 52.0. The van der Waals surface area contributed by atoms with Gasteiger partial charge in [0.05, 0.1) is 35.0 Å². The standard InChI is InChI=1S/C25H23ClF3N3O3/c1-15(2)14-35-21-9-8-16(13-18(21)25(27,28)29)31-24(33)17-5-3-7-20-22(17)34-12-11-32(20)23-19(26)6-4-10-30-23/h3-10,13,15H,11-12,14H2,1-2H3,(H,31,33). The molecule has 0 unspecified atom stereocenters. The quantitative estimate of drug-likeness (QED) is 0.410. The van der Waals surface area contributed by atoms with E-state index in [9.17, 15) is 18.0 Å². The molecule has 2 heterocycles. The number of fused-ring (bicyclic) bond motifs is 1. The molecule has 6 nitrogen and oxygen atoms in total. The van der Waals surface area contributed by atoms with E-state index in [1.165, 1.54) is 12.1 Å². The number of nitrogens with one attached hydrogen (secondary N) is 1. The minimum atomic E-state index is -4.65. The number of anilines is 3. The van der Waals surface area contributed by atoms with E-state index in [-0.39, 0.29) is 36.1 Å². The summed E-state index contributed by atoms with van der Waals surface area (Å²) in [5.74, 6) is -0.0264. The maximum atomic E-state index is 13.6. The third-order valence-electron chi connectivity index (χ3n) is 5.20. The van der Waals surface area contributed by atoms with Gasteiger partial charge in [0.2, 0.25) is 0 Å². The van der Waals surface area contributed by atoms with Gasteiger partial charge in [0.25, 0.3) is 5.91 Å². The van der Waals surface area contributed by atoms with Crippen LogP contribution in [0.2, 0.25) is 5.02 Å². The summed E-state index contributed by atoms with van der Waals surface area (Å²) in [6, 6.07) is 11.8. The Hall–Kier alpha value is -3.46. The molecule has 1 aromatic heterocycles. The van der Waals surface area contributed by atoms with E-state index in [0.29, 0.717) is 28.8 Å². The van der Waals surface area contributed by atoms with Crippen LogP contribution in [0.15, 0.2) is 54.7 Å². The fraction of sp³-hybridized carbons (Fsp3) is 0.280. The van der Waals surface area contributed by atoms with Crippen LogP contribution in [-0.4, -0.2) is 30.6 Å². The highest BCUT2D eigenvalue weighted by atomic mass is 35.5. The van der Waals surface area contributed by atoms with Crippen molar-refractivity contribution in [3.8, 4) is 11.5 Å². The first-order valence-electron chi connectivity index (χ1n) is 10.9. The molecule has 1 amide bonds. The van der Waals surface area contributed by atoms with Crippen molar-refractivity contribution < 1.29 is 27.4 Å². The number of pyridine rings is 1. The topological polar surface area (TPSA) is 63.7 Å². The Morgan fingerprint density at radius 1 is 1.23 bits per heavy atom. The maximum Gasteiger partial charge on any atom is 0.420 e. The number of amides is 1. The molecule has 0 saturated heterocycles. The van der Waals surface area contributed by atoms with Gasteiger partial charge in [0.1, 0.15) is 12.4 Å². The molecule has 0 saturated carbocycles. The van der Waals surface area contributed by atoms with Crippen LogP contribution in [0.4, 0.5) is 30.4 Å². The molecule has 35 heavy (non-hydrogen) atoms. The number of hydrogen-bond donors (Lipinski definition) is 1. The number of hydrogen-bond acceptors (Lipinski definition) is 5. The molecule has 0 spiro atoms. The first-order valence-corrected chi connectivity index (χ1v) is 11.3. The summed E-state index contributed by atoms with van der Waals surface area (Å²) in [6.07, 6.45) is -3.04. The second-order valence-corrected chi connectivity index (χ2v) is 8.74. The Balaban J connectivity index is 1.63. The fourth-order valence-corrected chi connectivity index (χ4v) is 3.86. The van der Waals surface area contributed by atoms with Crippen LogP contribution in [0.25, 0.3) is 0 Å². The Morgan fingerprint density at radius 3 is 2.74 bits per heavy atom. The number of rotatable bonds is 6. The highest BCUT2D eigenvalue weighted by molar-refractivity contribution is 6.33. The number of ether oxygens (including phenoxy) is 2. The number of para-hydroxylation sites is 1. The number of aromatic nitrogens is 1. The molecule has 2 aromatic carbocycles. The maximum absolute atomic E-state index is 13.6. The number of carbonyl (C=O) groups excluding carboxylic acids is 1. The monoisotopic (exact) mass is 505 g/mol. The van der Waals surface area contributed by atoms with Gasteiger partial charge in [-0.3, -0.25) is 4.79 Å². The Labute approximate surface area is 205 Å². The molecule has 10 heteroatoms. The Kier molecular flexibility index (Phi) is 7.07. The number of halogens is 4.